The van der Waals surface area contributed by atoms with Gasteiger partial charge in [0, 0.05) is 12.5 Å². The molecule has 1 N–H and O–H groups in total. The van der Waals surface area contributed by atoms with Gasteiger partial charge in [0.25, 0.3) is 0 Å². The molecule has 0 spiro atoms. The lowest BCUT2D eigenvalue weighted by Crippen LogP contribution is -2.25. The highest BCUT2D eigenvalue weighted by Gasteiger charge is 2.05. The van der Waals surface area contributed by atoms with Crippen molar-refractivity contribution in [2.75, 3.05) is 19.7 Å². The molecular formula is C17H29NO. The minimum atomic E-state index is 0.542. The summed E-state index contributed by atoms with van der Waals surface area (Å²) in [5.41, 5.74) is 1.40. The first-order chi connectivity index (χ1) is 9.17. The third kappa shape index (κ3) is 6.11. The lowest BCUT2D eigenvalue weighted by Gasteiger charge is -2.15. The van der Waals surface area contributed by atoms with Gasteiger partial charge in [0.2, 0.25) is 0 Å². The second kappa shape index (κ2) is 8.98. The third-order valence-electron chi connectivity index (χ3n) is 3.52. The van der Waals surface area contributed by atoms with E-state index in [0.717, 1.165) is 25.4 Å². The first-order valence-corrected chi connectivity index (χ1v) is 7.60. The molecule has 0 saturated heterocycles. The minimum Gasteiger partial charge on any atom is -0.493 e. The Hall–Kier alpha value is -1.02. The number of benzene rings is 1. The largest absolute Gasteiger partial charge is 0.493 e. The molecule has 1 rings (SSSR count). The smallest absolute Gasteiger partial charge is 0.119 e. The summed E-state index contributed by atoms with van der Waals surface area (Å²) in [7, 11) is 0. The molecule has 0 aliphatic carbocycles. The van der Waals surface area contributed by atoms with Crippen molar-refractivity contribution in [3.63, 3.8) is 0 Å². The maximum absolute atomic E-state index is 5.83. The molecule has 0 aliphatic heterocycles. The molecular weight excluding hydrogens is 234 g/mol. The van der Waals surface area contributed by atoms with Gasteiger partial charge in [-0.25, -0.2) is 0 Å². The van der Waals surface area contributed by atoms with Crippen molar-refractivity contribution < 1.29 is 4.74 Å². The lowest BCUT2D eigenvalue weighted by molar-refractivity contribution is 0.256. The number of rotatable bonds is 9. The number of ether oxygens (including phenoxy) is 1. The van der Waals surface area contributed by atoms with Gasteiger partial charge in [0.05, 0.1) is 6.61 Å². The SMILES string of the molecule is CCCNCC(C)COc1ccc(C(C)CC)cc1. The van der Waals surface area contributed by atoms with Gasteiger partial charge in [-0.2, -0.15) is 0 Å². The van der Waals surface area contributed by atoms with E-state index in [1.165, 1.54) is 18.4 Å². The number of hydrogen-bond donors (Lipinski definition) is 1. The molecule has 2 heteroatoms. The van der Waals surface area contributed by atoms with E-state index < -0.39 is 0 Å². The Morgan fingerprint density at radius 1 is 1.11 bits per heavy atom. The minimum absolute atomic E-state index is 0.542. The number of nitrogens with one attached hydrogen (secondary N) is 1. The van der Waals surface area contributed by atoms with Crippen molar-refractivity contribution in [1.29, 1.82) is 0 Å². The Labute approximate surface area is 118 Å². The van der Waals surface area contributed by atoms with Gasteiger partial charge in [0.15, 0.2) is 0 Å². The summed E-state index contributed by atoms with van der Waals surface area (Å²) in [5, 5.41) is 3.42. The molecule has 2 unspecified atom stereocenters. The summed E-state index contributed by atoms with van der Waals surface area (Å²) >= 11 is 0. The highest BCUT2D eigenvalue weighted by Crippen LogP contribution is 2.21. The summed E-state index contributed by atoms with van der Waals surface area (Å²) < 4.78 is 5.83. The van der Waals surface area contributed by atoms with Crippen LogP contribution < -0.4 is 10.1 Å². The number of hydrogen-bond acceptors (Lipinski definition) is 2. The molecule has 0 heterocycles. The van der Waals surface area contributed by atoms with E-state index in [2.05, 4.69) is 57.3 Å². The molecule has 2 atom stereocenters. The van der Waals surface area contributed by atoms with Gasteiger partial charge < -0.3 is 10.1 Å². The predicted octanol–water partition coefficient (Wildman–Crippen LogP) is 4.21. The topological polar surface area (TPSA) is 21.3 Å². The Morgan fingerprint density at radius 3 is 2.37 bits per heavy atom. The highest BCUT2D eigenvalue weighted by atomic mass is 16.5. The van der Waals surface area contributed by atoms with E-state index in [-0.39, 0.29) is 0 Å². The summed E-state index contributed by atoms with van der Waals surface area (Å²) in [6.07, 6.45) is 2.37. The van der Waals surface area contributed by atoms with Gasteiger partial charge in [-0.1, -0.05) is 39.8 Å². The van der Waals surface area contributed by atoms with E-state index >= 15 is 0 Å². The molecule has 1 aromatic carbocycles. The summed E-state index contributed by atoms with van der Waals surface area (Å²) in [5.74, 6) is 2.15. The van der Waals surface area contributed by atoms with Gasteiger partial charge >= 0.3 is 0 Å². The van der Waals surface area contributed by atoms with Crippen LogP contribution in [0.4, 0.5) is 0 Å². The van der Waals surface area contributed by atoms with Crippen molar-refractivity contribution in [1.82, 2.24) is 5.32 Å². The summed E-state index contributed by atoms with van der Waals surface area (Å²) in [4.78, 5) is 0. The zero-order chi connectivity index (χ0) is 14.1. The van der Waals surface area contributed by atoms with Gasteiger partial charge in [-0.15, -0.1) is 0 Å². The third-order valence-corrected chi connectivity index (χ3v) is 3.52. The molecule has 0 bridgehead atoms. The van der Waals surface area contributed by atoms with Crippen molar-refractivity contribution in [2.24, 2.45) is 5.92 Å². The molecule has 0 aromatic heterocycles. The van der Waals surface area contributed by atoms with Crippen LogP contribution in [0.1, 0.15) is 52.0 Å². The van der Waals surface area contributed by atoms with Crippen molar-refractivity contribution in [3.05, 3.63) is 29.8 Å². The first kappa shape index (κ1) is 16.0. The van der Waals surface area contributed by atoms with E-state index in [1.54, 1.807) is 0 Å². The van der Waals surface area contributed by atoms with E-state index in [1.807, 2.05) is 0 Å². The van der Waals surface area contributed by atoms with Crippen LogP contribution in [-0.4, -0.2) is 19.7 Å². The fourth-order valence-corrected chi connectivity index (χ4v) is 1.95. The van der Waals surface area contributed by atoms with Crippen LogP contribution in [0, 0.1) is 5.92 Å². The van der Waals surface area contributed by atoms with Crippen LogP contribution in [0.5, 0.6) is 5.75 Å². The normalized spacial score (nSPS) is 14.1. The highest BCUT2D eigenvalue weighted by molar-refractivity contribution is 5.29. The molecule has 0 aliphatic rings. The Kier molecular flexibility index (Phi) is 7.57. The van der Waals surface area contributed by atoms with Gasteiger partial charge in [-0.3, -0.25) is 0 Å². The molecule has 0 amide bonds. The Bertz CT molecular complexity index is 334. The maximum atomic E-state index is 5.83. The monoisotopic (exact) mass is 263 g/mol. The average Bonchev–Trinajstić information content (AvgIpc) is 2.45. The quantitative estimate of drug-likeness (QED) is 0.674. The van der Waals surface area contributed by atoms with Crippen molar-refractivity contribution in [2.45, 2.75) is 46.5 Å². The van der Waals surface area contributed by atoms with Crippen LogP contribution in [0.25, 0.3) is 0 Å². The van der Waals surface area contributed by atoms with Crippen LogP contribution in [0.2, 0.25) is 0 Å². The molecule has 0 radical (unpaired) electrons. The Balaban J connectivity index is 2.33. The van der Waals surface area contributed by atoms with E-state index in [9.17, 15) is 0 Å². The van der Waals surface area contributed by atoms with Gasteiger partial charge in [-0.05, 0) is 43.0 Å². The van der Waals surface area contributed by atoms with Crippen LogP contribution in [0.15, 0.2) is 24.3 Å². The van der Waals surface area contributed by atoms with E-state index in [0.29, 0.717) is 11.8 Å². The van der Waals surface area contributed by atoms with E-state index in [4.69, 9.17) is 4.74 Å². The van der Waals surface area contributed by atoms with Crippen LogP contribution in [0.3, 0.4) is 0 Å². The zero-order valence-electron chi connectivity index (χ0n) is 12.9. The first-order valence-electron chi connectivity index (χ1n) is 7.60. The summed E-state index contributed by atoms with van der Waals surface area (Å²) in [6, 6.07) is 8.55. The molecule has 1 aromatic rings. The molecule has 2 nitrogen and oxygen atoms in total. The molecule has 0 fully saturated rings. The molecule has 0 saturated carbocycles. The Morgan fingerprint density at radius 2 is 1.79 bits per heavy atom. The fourth-order valence-electron chi connectivity index (χ4n) is 1.95. The maximum Gasteiger partial charge on any atom is 0.119 e. The lowest BCUT2D eigenvalue weighted by atomic mass is 9.99. The fraction of sp³-hybridized carbons (Fsp3) is 0.647. The van der Waals surface area contributed by atoms with Crippen molar-refractivity contribution in [3.8, 4) is 5.75 Å². The average molecular weight is 263 g/mol. The standard InChI is InChI=1S/C17H29NO/c1-5-11-18-12-14(3)13-19-17-9-7-16(8-10-17)15(4)6-2/h7-10,14-15,18H,5-6,11-13H2,1-4H3. The van der Waals surface area contributed by atoms with Gasteiger partial charge in [0.1, 0.15) is 5.75 Å². The molecule has 108 valence electrons. The van der Waals surface area contributed by atoms with Crippen molar-refractivity contribution >= 4 is 0 Å². The second-order valence-electron chi connectivity index (χ2n) is 5.50. The van der Waals surface area contributed by atoms with Crippen LogP contribution in [-0.2, 0) is 0 Å². The second-order valence-corrected chi connectivity index (χ2v) is 5.50. The van der Waals surface area contributed by atoms with Crippen LogP contribution >= 0.6 is 0 Å². The predicted molar refractivity (Wildman–Crippen MR) is 83.0 cm³/mol. The molecule has 19 heavy (non-hydrogen) atoms. The summed E-state index contributed by atoms with van der Waals surface area (Å²) in [6.45, 7) is 11.8. The zero-order valence-corrected chi connectivity index (χ0v) is 12.9.